The number of rotatable bonds is 1. The molecule has 0 spiro atoms. The van der Waals surface area contributed by atoms with E-state index in [9.17, 15) is 4.39 Å². The van der Waals surface area contributed by atoms with E-state index >= 15 is 0 Å². The highest BCUT2D eigenvalue weighted by Gasteiger charge is 2.42. The fraction of sp³-hybridized carbons (Fsp3) is 0.400. The molecule has 0 aromatic heterocycles. The Morgan fingerprint density at radius 1 is 1.13 bits per heavy atom. The number of fused-ring (bicyclic) bond motifs is 3. The Bertz CT molecular complexity index is 770. The van der Waals surface area contributed by atoms with Crippen molar-refractivity contribution in [2.45, 2.75) is 31.2 Å². The molecule has 2 atom stereocenters. The van der Waals surface area contributed by atoms with Gasteiger partial charge in [0.2, 0.25) is 0 Å². The first-order valence-electron chi connectivity index (χ1n) is 8.71. The van der Waals surface area contributed by atoms with Crippen molar-refractivity contribution < 1.29 is 4.39 Å². The maximum absolute atomic E-state index is 13.6. The SMILES string of the molecule is Fc1cccc(-c2cc3c4c(c2)[C@@H]2CNCC[C@@H]2N4CCC3)c1. The minimum absolute atomic E-state index is 0.157. The van der Waals surface area contributed by atoms with Crippen LogP contribution in [0.2, 0.25) is 0 Å². The maximum atomic E-state index is 13.6. The highest BCUT2D eigenvalue weighted by atomic mass is 19.1. The highest BCUT2D eigenvalue weighted by molar-refractivity contribution is 5.76. The summed E-state index contributed by atoms with van der Waals surface area (Å²) in [7, 11) is 0. The minimum atomic E-state index is -0.157. The standard InChI is InChI=1S/C20H21FN2/c21-16-5-1-3-13(10-16)15-9-14-4-2-8-23-19-6-7-22-12-18(19)17(11-15)20(14)23/h1,3,5,9-11,18-19,22H,2,4,6-8,12H2/t18-,19-/m0/s1. The Hall–Kier alpha value is -1.87. The summed E-state index contributed by atoms with van der Waals surface area (Å²) in [4.78, 5) is 2.66. The topological polar surface area (TPSA) is 15.3 Å². The first-order valence-corrected chi connectivity index (χ1v) is 8.71. The third-order valence-electron chi connectivity index (χ3n) is 5.75. The molecule has 2 aromatic rings. The van der Waals surface area contributed by atoms with Gasteiger partial charge in [-0.25, -0.2) is 4.39 Å². The maximum Gasteiger partial charge on any atom is 0.123 e. The number of hydrogen-bond donors (Lipinski definition) is 1. The van der Waals surface area contributed by atoms with E-state index in [0.29, 0.717) is 12.0 Å². The number of halogens is 1. The Labute approximate surface area is 136 Å². The van der Waals surface area contributed by atoms with Crippen LogP contribution >= 0.6 is 0 Å². The van der Waals surface area contributed by atoms with Crippen molar-refractivity contribution in [3.8, 4) is 11.1 Å². The number of piperidine rings is 1. The molecular weight excluding hydrogens is 287 g/mol. The molecule has 0 aliphatic carbocycles. The average molecular weight is 308 g/mol. The molecule has 23 heavy (non-hydrogen) atoms. The second-order valence-electron chi connectivity index (χ2n) is 7.05. The summed E-state index contributed by atoms with van der Waals surface area (Å²) in [6.07, 6.45) is 3.61. The molecule has 0 unspecified atom stereocenters. The number of nitrogens with zero attached hydrogens (tertiary/aromatic N) is 1. The fourth-order valence-corrected chi connectivity index (χ4v) is 4.80. The van der Waals surface area contributed by atoms with Crippen LogP contribution in [0.4, 0.5) is 10.1 Å². The van der Waals surface area contributed by atoms with Crippen LogP contribution in [0.25, 0.3) is 11.1 Å². The van der Waals surface area contributed by atoms with Gasteiger partial charge >= 0.3 is 0 Å². The summed E-state index contributed by atoms with van der Waals surface area (Å²) in [5.41, 5.74) is 6.61. The lowest BCUT2D eigenvalue weighted by molar-refractivity contribution is 0.400. The van der Waals surface area contributed by atoms with E-state index in [2.05, 4.69) is 22.3 Å². The van der Waals surface area contributed by atoms with Gasteiger partial charge in [-0.2, -0.15) is 0 Å². The zero-order valence-corrected chi connectivity index (χ0v) is 13.2. The van der Waals surface area contributed by atoms with Gasteiger partial charge in [0, 0.05) is 30.7 Å². The van der Waals surface area contributed by atoms with Crippen LogP contribution in [0.5, 0.6) is 0 Å². The van der Waals surface area contributed by atoms with Gasteiger partial charge in [-0.3, -0.25) is 0 Å². The molecule has 2 nitrogen and oxygen atoms in total. The summed E-state index contributed by atoms with van der Waals surface area (Å²) < 4.78 is 13.6. The summed E-state index contributed by atoms with van der Waals surface area (Å²) in [5.74, 6) is 0.430. The Morgan fingerprint density at radius 3 is 3.00 bits per heavy atom. The van der Waals surface area contributed by atoms with E-state index in [1.165, 1.54) is 47.8 Å². The zero-order chi connectivity index (χ0) is 15.4. The van der Waals surface area contributed by atoms with Crippen LogP contribution in [-0.2, 0) is 6.42 Å². The van der Waals surface area contributed by atoms with Crippen molar-refractivity contribution in [2.75, 3.05) is 24.5 Å². The molecule has 5 rings (SSSR count). The average Bonchev–Trinajstić information content (AvgIpc) is 2.91. The van der Waals surface area contributed by atoms with E-state index < -0.39 is 0 Å². The van der Waals surface area contributed by atoms with Gasteiger partial charge in [-0.1, -0.05) is 12.1 Å². The molecule has 0 saturated carbocycles. The smallest absolute Gasteiger partial charge is 0.123 e. The van der Waals surface area contributed by atoms with E-state index in [1.807, 2.05) is 6.07 Å². The number of anilines is 1. The highest BCUT2D eigenvalue weighted by Crippen LogP contribution is 2.48. The van der Waals surface area contributed by atoms with Crippen LogP contribution in [0.3, 0.4) is 0 Å². The Morgan fingerprint density at radius 2 is 2.09 bits per heavy atom. The van der Waals surface area contributed by atoms with Crippen molar-refractivity contribution >= 4 is 5.69 Å². The van der Waals surface area contributed by atoms with E-state index in [4.69, 9.17) is 0 Å². The molecule has 1 fully saturated rings. The number of benzene rings is 2. The Balaban J connectivity index is 1.68. The molecule has 3 heteroatoms. The molecule has 1 N–H and O–H groups in total. The number of aryl methyl sites for hydroxylation is 1. The number of nitrogens with one attached hydrogen (secondary N) is 1. The first-order chi connectivity index (χ1) is 11.3. The summed E-state index contributed by atoms with van der Waals surface area (Å²) in [5, 5.41) is 3.56. The molecule has 0 amide bonds. The first kappa shape index (κ1) is 13.6. The summed E-state index contributed by atoms with van der Waals surface area (Å²) in [6, 6.07) is 12.3. The van der Waals surface area contributed by atoms with Gasteiger partial charge < -0.3 is 10.2 Å². The van der Waals surface area contributed by atoms with Crippen LogP contribution in [-0.4, -0.2) is 25.7 Å². The minimum Gasteiger partial charge on any atom is -0.367 e. The molecule has 1 saturated heterocycles. The van der Waals surface area contributed by atoms with Crippen LogP contribution in [0.15, 0.2) is 36.4 Å². The molecule has 2 aromatic carbocycles. The molecule has 118 valence electrons. The van der Waals surface area contributed by atoms with Crippen LogP contribution in [0.1, 0.15) is 29.9 Å². The molecule has 0 bridgehead atoms. The van der Waals surface area contributed by atoms with Gasteiger partial charge in [-0.05, 0) is 72.3 Å². The van der Waals surface area contributed by atoms with Gasteiger partial charge in [0.25, 0.3) is 0 Å². The second kappa shape index (κ2) is 5.07. The van der Waals surface area contributed by atoms with Gasteiger partial charge in [0.15, 0.2) is 0 Å². The van der Waals surface area contributed by atoms with Gasteiger partial charge in [0.1, 0.15) is 5.82 Å². The normalized spacial score (nSPS) is 25.2. The quantitative estimate of drug-likeness (QED) is 0.864. The van der Waals surface area contributed by atoms with E-state index in [0.717, 1.165) is 25.1 Å². The van der Waals surface area contributed by atoms with Gasteiger partial charge in [0.05, 0.1) is 0 Å². The Kier molecular flexibility index (Phi) is 2.99. The lowest BCUT2D eigenvalue weighted by atomic mass is 9.87. The lowest BCUT2D eigenvalue weighted by Gasteiger charge is -2.36. The van der Waals surface area contributed by atoms with E-state index in [1.54, 1.807) is 12.1 Å². The lowest BCUT2D eigenvalue weighted by Crippen LogP contribution is -2.45. The van der Waals surface area contributed by atoms with Crippen LogP contribution < -0.4 is 10.2 Å². The fourth-order valence-electron chi connectivity index (χ4n) is 4.80. The van der Waals surface area contributed by atoms with Gasteiger partial charge in [-0.15, -0.1) is 0 Å². The molecular formula is C20H21FN2. The zero-order valence-electron chi connectivity index (χ0n) is 13.2. The third-order valence-corrected chi connectivity index (χ3v) is 5.75. The summed E-state index contributed by atoms with van der Waals surface area (Å²) in [6.45, 7) is 3.39. The largest absolute Gasteiger partial charge is 0.367 e. The monoisotopic (exact) mass is 308 g/mol. The van der Waals surface area contributed by atoms with Crippen molar-refractivity contribution in [3.63, 3.8) is 0 Å². The van der Waals surface area contributed by atoms with Crippen LogP contribution in [0, 0.1) is 5.82 Å². The third kappa shape index (κ3) is 2.03. The molecule has 3 heterocycles. The van der Waals surface area contributed by atoms with Crippen molar-refractivity contribution in [3.05, 3.63) is 53.3 Å². The van der Waals surface area contributed by atoms with Crippen molar-refractivity contribution in [2.24, 2.45) is 0 Å². The number of hydrogen-bond acceptors (Lipinski definition) is 2. The predicted octanol–water partition coefficient (Wildman–Crippen LogP) is 3.70. The van der Waals surface area contributed by atoms with Crippen molar-refractivity contribution in [1.82, 2.24) is 5.32 Å². The molecule has 0 radical (unpaired) electrons. The predicted molar refractivity (Wildman–Crippen MR) is 91.5 cm³/mol. The van der Waals surface area contributed by atoms with Crippen molar-refractivity contribution in [1.29, 1.82) is 0 Å². The second-order valence-corrected chi connectivity index (χ2v) is 7.05. The summed E-state index contributed by atoms with van der Waals surface area (Å²) >= 11 is 0. The molecule has 3 aliphatic rings. The van der Waals surface area contributed by atoms with E-state index in [-0.39, 0.29) is 5.82 Å². The molecule has 3 aliphatic heterocycles.